The van der Waals surface area contributed by atoms with Crippen molar-refractivity contribution in [1.82, 2.24) is 19.7 Å². The molecule has 0 aliphatic carbocycles. The number of carbonyl (C=O) groups excluding carboxylic acids is 1. The van der Waals surface area contributed by atoms with Gasteiger partial charge in [-0.3, -0.25) is 9.59 Å². The predicted molar refractivity (Wildman–Crippen MR) is 133 cm³/mol. The number of hydrogen-bond donors (Lipinski definition) is 2. The molecule has 0 spiro atoms. The van der Waals surface area contributed by atoms with Gasteiger partial charge >= 0.3 is 0 Å². The van der Waals surface area contributed by atoms with Crippen molar-refractivity contribution in [3.05, 3.63) is 89.5 Å². The van der Waals surface area contributed by atoms with Gasteiger partial charge in [-0.05, 0) is 67.6 Å². The second-order valence-corrected chi connectivity index (χ2v) is 9.10. The molecule has 0 fully saturated rings. The molecule has 2 aromatic carbocycles. The van der Waals surface area contributed by atoms with Gasteiger partial charge in [-0.2, -0.15) is 5.10 Å². The van der Waals surface area contributed by atoms with Crippen molar-refractivity contribution >= 4 is 27.6 Å². The molecule has 2 N–H and O–H groups in total. The minimum atomic E-state index is -3.90. The van der Waals surface area contributed by atoms with Gasteiger partial charge < -0.3 is 10.1 Å². The van der Waals surface area contributed by atoms with E-state index in [4.69, 9.17) is 4.74 Å². The third-order valence-electron chi connectivity index (χ3n) is 4.86. The molecule has 0 bridgehead atoms. The van der Waals surface area contributed by atoms with Gasteiger partial charge in [0, 0.05) is 29.7 Å². The van der Waals surface area contributed by atoms with Crippen LogP contribution in [0.4, 0.5) is 11.6 Å². The number of amides is 1. The van der Waals surface area contributed by atoms with Gasteiger partial charge in [-0.15, -0.1) is 0 Å². The van der Waals surface area contributed by atoms with Crippen molar-refractivity contribution in [3.8, 4) is 17.0 Å². The standard InChI is InChI=1S/C24H22N6O5S/c1-2-35-19-8-4-17(5-9-19)21-12-13-23(32)30(28-21)16-22(31)27-18-6-10-20(11-7-18)36(33,34)29-24-25-14-3-15-26-24/h3-15H,2,16H2,1H3,(H,27,31)(H,25,26,29). The van der Waals surface area contributed by atoms with Crippen molar-refractivity contribution in [2.45, 2.75) is 18.4 Å². The van der Waals surface area contributed by atoms with Crippen LogP contribution < -0.4 is 20.3 Å². The fraction of sp³-hybridized carbons (Fsp3) is 0.125. The second-order valence-electron chi connectivity index (χ2n) is 7.42. The van der Waals surface area contributed by atoms with E-state index in [-0.39, 0.29) is 17.4 Å². The monoisotopic (exact) mass is 506 g/mol. The highest BCUT2D eigenvalue weighted by atomic mass is 32.2. The SMILES string of the molecule is CCOc1ccc(-c2ccc(=O)n(CC(=O)Nc3ccc(S(=O)(=O)Nc4ncccn4)cc3)n2)cc1. The number of carbonyl (C=O) groups is 1. The number of nitrogens with zero attached hydrogens (tertiary/aromatic N) is 4. The zero-order valence-electron chi connectivity index (χ0n) is 19.2. The third kappa shape index (κ3) is 6.10. The minimum Gasteiger partial charge on any atom is -0.494 e. The van der Waals surface area contributed by atoms with E-state index in [1.54, 1.807) is 24.3 Å². The van der Waals surface area contributed by atoms with E-state index in [9.17, 15) is 18.0 Å². The molecule has 4 aromatic rings. The lowest BCUT2D eigenvalue weighted by atomic mass is 10.1. The summed E-state index contributed by atoms with van der Waals surface area (Å²) in [6.07, 6.45) is 2.83. The topological polar surface area (TPSA) is 145 Å². The van der Waals surface area contributed by atoms with Gasteiger partial charge in [-0.25, -0.2) is 27.8 Å². The highest BCUT2D eigenvalue weighted by Crippen LogP contribution is 2.20. The van der Waals surface area contributed by atoms with Crippen molar-refractivity contribution in [3.63, 3.8) is 0 Å². The Kier molecular flexibility index (Phi) is 7.35. The summed E-state index contributed by atoms with van der Waals surface area (Å²) in [7, 11) is -3.90. The quantitative estimate of drug-likeness (QED) is 0.352. The Morgan fingerprint density at radius 1 is 0.972 bits per heavy atom. The summed E-state index contributed by atoms with van der Waals surface area (Å²) in [6.45, 7) is 2.12. The van der Waals surface area contributed by atoms with Crippen LogP contribution in [0.1, 0.15) is 6.92 Å². The summed E-state index contributed by atoms with van der Waals surface area (Å²) in [5.74, 6) is 0.164. The molecule has 12 heteroatoms. The van der Waals surface area contributed by atoms with Crippen LogP contribution in [0.2, 0.25) is 0 Å². The highest BCUT2D eigenvalue weighted by molar-refractivity contribution is 7.92. The van der Waals surface area contributed by atoms with Crippen LogP contribution in [0.25, 0.3) is 11.3 Å². The maximum absolute atomic E-state index is 12.5. The van der Waals surface area contributed by atoms with Crippen molar-refractivity contribution in [1.29, 1.82) is 0 Å². The lowest BCUT2D eigenvalue weighted by Crippen LogP contribution is -2.29. The van der Waals surface area contributed by atoms with E-state index in [1.807, 2.05) is 19.1 Å². The third-order valence-corrected chi connectivity index (χ3v) is 6.20. The molecule has 36 heavy (non-hydrogen) atoms. The molecule has 0 saturated heterocycles. The molecule has 0 atom stereocenters. The number of aromatic nitrogens is 4. The highest BCUT2D eigenvalue weighted by Gasteiger charge is 2.16. The molecule has 0 radical (unpaired) electrons. The molecule has 184 valence electrons. The summed E-state index contributed by atoms with van der Waals surface area (Å²) >= 11 is 0. The number of sulfonamides is 1. The Morgan fingerprint density at radius 3 is 2.33 bits per heavy atom. The van der Waals surface area contributed by atoms with Crippen LogP contribution in [-0.2, 0) is 21.4 Å². The molecule has 11 nitrogen and oxygen atoms in total. The normalized spacial score (nSPS) is 11.0. The average Bonchev–Trinajstić information content (AvgIpc) is 2.87. The Balaban J connectivity index is 1.42. The summed E-state index contributed by atoms with van der Waals surface area (Å²) in [6, 6.07) is 17.3. The van der Waals surface area contributed by atoms with Crippen molar-refractivity contribution < 1.29 is 17.9 Å². The Morgan fingerprint density at radius 2 is 1.67 bits per heavy atom. The first-order valence-corrected chi connectivity index (χ1v) is 12.3. The van der Waals surface area contributed by atoms with E-state index in [0.29, 0.717) is 18.0 Å². The van der Waals surface area contributed by atoms with Crippen LogP contribution in [-0.4, -0.2) is 40.7 Å². The molecule has 0 saturated carbocycles. The van der Waals surface area contributed by atoms with Gasteiger partial charge in [-0.1, -0.05) is 0 Å². The summed E-state index contributed by atoms with van der Waals surface area (Å²) < 4.78 is 33.7. The van der Waals surface area contributed by atoms with Crippen LogP contribution in [0.5, 0.6) is 5.75 Å². The van der Waals surface area contributed by atoms with Crippen LogP contribution >= 0.6 is 0 Å². The fourth-order valence-electron chi connectivity index (χ4n) is 3.19. The van der Waals surface area contributed by atoms with Crippen LogP contribution in [0, 0.1) is 0 Å². The maximum atomic E-state index is 12.5. The van der Waals surface area contributed by atoms with Gasteiger partial charge in [0.1, 0.15) is 12.3 Å². The molecule has 2 aromatic heterocycles. The van der Waals surface area contributed by atoms with Crippen molar-refractivity contribution in [2.24, 2.45) is 0 Å². The maximum Gasteiger partial charge on any atom is 0.267 e. The number of ether oxygens (including phenoxy) is 1. The second kappa shape index (κ2) is 10.8. The van der Waals surface area contributed by atoms with E-state index in [1.165, 1.54) is 42.7 Å². The van der Waals surface area contributed by atoms with Crippen molar-refractivity contribution in [2.75, 3.05) is 16.6 Å². The summed E-state index contributed by atoms with van der Waals surface area (Å²) in [5.41, 5.74) is 1.20. The van der Waals surface area contributed by atoms with Crippen LogP contribution in [0.15, 0.2) is 88.8 Å². The Hall–Kier alpha value is -4.58. The first kappa shape index (κ1) is 24.5. The molecular formula is C24H22N6O5S. The van der Waals surface area contributed by atoms with E-state index >= 15 is 0 Å². The predicted octanol–water partition coefficient (Wildman–Crippen LogP) is 2.54. The first-order valence-electron chi connectivity index (χ1n) is 10.9. The summed E-state index contributed by atoms with van der Waals surface area (Å²) in [5, 5.41) is 6.92. The lowest BCUT2D eigenvalue weighted by molar-refractivity contribution is -0.117. The van der Waals surface area contributed by atoms with Crippen LogP contribution in [0.3, 0.4) is 0 Å². The Labute approximate surface area is 206 Å². The van der Waals surface area contributed by atoms with E-state index < -0.39 is 21.5 Å². The molecule has 4 rings (SSSR count). The number of hydrogen-bond acceptors (Lipinski definition) is 8. The molecule has 2 heterocycles. The van der Waals surface area contributed by atoms with Gasteiger partial charge in [0.25, 0.3) is 15.6 Å². The average molecular weight is 507 g/mol. The van der Waals surface area contributed by atoms with Gasteiger partial charge in [0.05, 0.1) is 17.2 Å². The molecule has 0 aliphatic heterocycles. The number of benzene rings is 2. The molecular weight excluding hydrogens is 484 g/mol. The fourth-order valence-corrected chi connectivity index (χ4v) is 4.15. The van der Waals surface area contributed by atoms with E-state index in [2.05, 4.69) is 25.1 Å². The zero-order valence-corrected chi connectivity index (χ0v) is 20.0. The lowest BCUT2D eigenvalue weighted by Gasteiger charge is -2.10. The zero-order chi connectivity index (χ0) is 25.5. The molecule has 0 unspecified atom stereocenters. The minimum absolute atomic E-state index is 0.0334. The summed E-state index contributed by atoms with van der Waals surface area (Å²) in [4.78, 5) is 32.4. The van der Waals surface area contributed by atoms with Gasteiger partial charge in [0.2, 0.25) is 11.9 Å². The number of nitrogens with one attached hydrogen (secondary N) is 2. The molecule has 1 amide bonds. The van der Waals surface area contributed by atoms with E-state index in [0.717, 1.165) is 16.0 Å². The number of anilines is 2. The first-order chi connectivity index (χ1) is 17.3. The molecule has 0 aliphatic rings. The van der Waals surface area contributed by atoms with Gasteiger partial charge in [0.15, 0.2) is 0 Å². The number of rotatable bonds is 9. The largest absolute Gasteiger partial charge is 0.494 e. The smallest absolute Gasteiger partial charge is 0.267 e. The Bertz CT molecular complexity index is 1510.